The Morgan fingerprint density at radius 1 is 0.895 bits per heavy atom. The number of carboxylic acid groups (broad SMARTS) is 1. The van der Waals surface area contributed by atoms with Crippen molar-refractivity contribution in [3.8, 4) is 0 Å². The molecular formula is C25H41N7O6. The zero-order chi connectivity index (χ0) is 28.8. The van der Waals surface area contributed by atoms with Crippen LogP contribution in [0.2, 0.25) is 0 Å². The maximum Gasteiger partial charge on any atom is 0.326 e. The summed E-state index contributed by atoms with van der Waals surface area (Å²) < 4.78 is 0. The number of rotatable bonds is 16. The Morgan fingerprint density at radius 3 is 1.97 bits per heavy atom. The molecule has 1 aromatic rings. The predicted octanol–water partition coefficient (Wildman–Crippen LogP) is -1.42. The molecule has 13 heteroatoms. The first-order valence-corrected chi connectivity index (χ1v) is 12.5. The van der Waals surface area contributed by atoms with Crippen LogP contribution in [0.4, 0.5) is 0 Å². The smallest absolute Gasteiger partial charge is 0.326 e. The van der Waals surface area contributed by atoms with Gasteiger partial charge in [-0.15, -0.1) is 0 Å². The van der Waals surface area contributed by atoms with Crippen molar-refractivity contribution < 1.29 is 29.4 Å². The number of benzene rings is 1. The van der Waals surface area contributed by atoms with Crippen LogP contribution in [-0.2, 0) is 25.6 Å². The number of carboxylic acids is 1. The highest BCUT2D eigenvalue weighted by atomic mass is 16.4. The van der Waals surface area contributed by atoms with Crippen molar-refractivity contribution in [2.75, 3.05) is 6.54 Å². The molecule has 0 aliphatic carbocycles. The molecule has 0 aromatic heterocycles. The SMILES string of the molecule is CC(C)CC(NC(=O)C(N)C(C)O)C(=O)NC(Cc1ccccc1)C(=O)NC(CCCN=C(N)N)C(=O)O. The summed E-state index contributed by atoms with van der Waals surface area (Å²) in [6.07, 6.45) is -0.445. The van der Waals surface area contributed by atoms with Crippen LogP contribution in [0.3, 0.4) is 0 Å². The average Bonchev–Trinajstić information content (AvgIpc) is 2.84. The Labute approximate surface area is 222 Å². The van der Waals surface area contributed by atoms with Crippen molar-refractivity contribution in [1.29, 1.82) is 0 Å². The van der Waals surface area contributed by atoms with Gasteiger partial charge in [0, 0.05) is 13.0 Å². The topological polar surface area (TPSA) is 235 Å². The number of hydrogen-bond donors (Lipinski definition) is 8. The second kappa shape index (κ2) is 16.2. The number of carbonyl (C=O) groups excluding carboxylic acids is 3. The van der Waals surface area contributed by atoms with Crippen LogP contribution in [0.5, 0.6) is 0 Å². The number of aliphatic imine (C=N–C) groups is 1. The lowest BCUT2D eigenvalue weighted by Gasteiger charge is -2.26. The van der Waals surface area contributed by atoms with Gasteiger partial charge in [-0.3, -0.25) is 19.4 Å². The number of guanidine groups is 1. The van der Waals surface area contributed by atoms with Crippen molar-refractivity contribution in [3.63, 3.8) is 0 Å². The van der Waals surface area contributed by atoms with Gasteiger partial charge in [0.2, 0.25) is 17.7 Å². The minimum atomic E-state index is -1.25. The summed E-state index contributed by atoms with van der Waals surface area (Å²) in [6, 6.07) is 4.24. The molecule has 0 aliphatic rings. The summed E-state index contributed by atoms with van der Waals surface area (Å²) in [6.45, 7) is 5.26. The molecule has 13 nitrogen and oxygen atoms in total. The van der Waals surface area contributed by atoms with E-state index in [-0.39, 0.29) is 37.7 Å². The van der Waals surface area contributed by atoms with E-state index in [0.717, 1.165) is 5.56 Å². The monoisotopic (exact) mass is 535 g/mol. The molecule has 0 saturated carbocycles. The Morgan fingerprint density at radius 2 is 1.45 bits per heavy atom. The summed E-state index contributed by atoms with van der Waals surface area (Å²) in [5.74, 6) is -3.42. The molecule has 0 radical (unpaired) electrons. The van der Waals surface area contributed by atoms with Gasteiger partial charge in [0.15, 0.2) is 5.96 Å². The van der Waals surface area contributed by atoms with E-state index in [9.17, 15) is 29.4 Å². The molecule has 11 N–H and O–H groups in total. The van der Waals surface area contributed by atoms with Crippen LogP contribution in [0.1, 0.15) is 45.6 Å². The van der Waals surface area contributed by atoms with Gasteiger partial charge >= 0.3 is 5.97 Å². The number of nitrogens with one attached hydrogen (secondary N) is 3. The number of aliphatic hydroxyl groups excluding tert-OH is 1. The number of aliphatic carboxylic acids is 1. The Bertz CT molecular complexity index is 951. The molecule has 5 atom stereocenters. The fraction of sp³-hybridized carbons (Fsp3) is 0.560. The van der Waals surface area contributed by atoms with Gasteiger partial charge < -0.3 is 43.4 Å². The zero-order valence-corrected chi connectivity index (χ0v) is 22.1. The van der Waals surface area contributed by atoms with Crippen LogP contribution in [0.25, 0.3) is 0 Å². The molecule has 38 heavy (non-hydrogen) atoms. The Hall–Kier alpha value is -3.71. The van der Waals surface area contributed by atoms with E-state index in [4.69, 9.17) is 17.2 Å². The summed E-state index contributed by atoms with van der Waals surface area (Å²) in [4.78, 5) is 54.5. The van der Waals surface area contributed by atoms with Gasteiger partial charge in [0.1, 0.15) is 24.2 Å². The van der Waals surface area contributed by atoms with E-state index < -0.39 is 54.0 Å². The van der Waals surface area contributed by atoms with E-state index >= 15 is 0 Å². The van der Waals surface area contributed by atoms with Crippen LogP contribution in [-0.4, -0.2) is 76.7 Å². The van der Waals surface area contributed by atoms with E-state index in [0.29, 0.717) is 6.42 Å². The molecule has 0 saturated heterocycles. The van der Waals surface area contributed by atoms with E-state index in [1.807, 2.05) is 13.8 Å². The molecule has 0 aliphatic heterocycles. The third-order valence-corrected chi connectivity index (χ3v) is 5.64. The van der Waals surface area contributed by atoms with Crippen LogP contribution >= 0.6 is 0 Å². The lowest BCUT2D eigenvalue weighted by atomic mass is 10.00. The van der Waals surface area contributed by atoms with Crippen molar-refractivity contribution in [2.45, 2.75) is 76.7 Å². The molecule has 0 bridgehead atoms. The van der Waals surface area contributed by atoms with Crippen molar-refractivity contribution in [2.24, 2.45) is 28.1 Å². The second-order valence-corrected chi connectivity index (χ2v) is 9.56. The van der Waals surface area contributed by atoms with Gasteiger partial charge in [-0.05, 0) is 37.7 Å². The number of aliphatic hydroxyl groups is 1. The normalized spacial score (nSPS) is 14.9. The largest absolute Gasteiger partial charge is 0.480 e. The first kappa shape index (κ1) is 32.3. The molecular weight excluding hydrogens is 494 g/mol. The van der Waals surface area contributed by atoms with Crippen LogP contribution < -0.4 is 33.2 Å². The highest BCUT2D eigenvalue weighted by molar-refractivity contribution is 5.94. The summed E-state index contributed by atoms with van der Waals surface area (Å²) in [5, 5.41) is 26.9. The maximum atomic E-state index is 13.2. The molecule has 0 heterocycles. The third kappa shape index (κ3) is 12.0. The Kier molecular flexibility index (Phi) is 13.8. The first-order valence-electron chi connectivity index (χ1n) is 12.5. The fourth-order valence-electron chi connectivity index (χ4n) is 3.55. The predicted molar refractivity (Wildman–Crippen MR) is 143 cm³/mol. The molecule has 3 amide bonds. The van der Waals surface area contributed by atoms with E-state index in [1.54, 1.807) is 30.3 Å². The van der Waals surface area contributed by atoms with E-state index in [1.165, 1.54) is 6.92 Å². The van der Waals surface area contributed by atoms with Gasteiger partial charge in [0.05, 0.1) is 6.10 Å². The van der Waals surface area contributed by atoms with Gasteiger partial charge in [-0.1, -0.05) is 44.2 Å². The highest BCUT2D eigenvalue weighted by Crippen LogP contribution is 2.09. The van der Waals surface area contributed by atoms with Crippen molar-refractivity contribution in [3.05, 3.63) is 35.9 Å². The number of carbonyl (C=O) groups is 4. The summed E-state index contributed by atoms with van der Waals surface area (Å²) in [7, 11) is 0. The van der Waals surface area contributed by atoms with Crippen molar-refractivity contribution >= 4 is 29.7 Å². The van der Waals surface area contributed by atoms with Gasteiger partial charge in [0.25, 0.3) is 0 Å². The molecule has 0 spiro atoms. The summed E-state index contributed by atoms with van der Waals surface area (Å²) >= 11 is 0. The number of nitrogens with zero attached hydrogens (tertiary/aromatic N) is 1. The minimum Gasteiger partial charge on any atom is -0.480 e. The summed E-state index contributed by atoms with van der Waals surface area (Å²) in [5.41, 5.74) is 17.0. The maximum absolute atomic E-state index is 13.2. The molecule has 212 valence electrons. The van der Waals surface area contributed by atoms with Crippen LogP contribution in [0, 0.1) is 5.92 Å². The van der Waals surface area contributed by atoms with Gasteiger partial charge in [-0.25, -0.2) is 4.79 Å². The first-order chi connectivity index (χ1) is 17.8. The molecule has 1 rings (SSSR count). The second-order valence-electron chi connectivity index (χ2n) is 9.56. The minimum absolute atomic E-state index is 0.00293. The third-order valence-electron chi connectivity index (χ3n) is 5.64. The zero-order valence-electron chi connectivity index (χ0n) is 22.1. The standard InChI is InChI=1S/C25H41N7O6/c1-14(2)12-18(32-23(36)20(26)15(3)33)21(34)31-19(13-16-8-5-4-6-9-16)22(35)30-17(24(37)38)10-7-11-29-25(27)28/h4-6,8-9,14-15,17-20,33H,7,10-13,26H2,1-3H3,(H,30,35)(H,31,34)(H,32,36)(H,37,38)(H4,27,28,29). The quantitative estimate of drug-likeness (QED) is 0.0703. The molecule has 5 unspecified atom stereocenters. The lowest BCUT2D eigenvalue weighted by Crippen LogP contribution is -2.58. The number of nitrogens with two attached hydrogens (primary N) is 3. The van der Waals surface area contributed by atoms with Gasteiger partial charge in [-0.2, -0.15) is 0 Å². The fourth-order valence-corrected chi connectivity index (χ4v) is 3.55. The van der Waals surface area contributed by atoms with Crippen molar-refractivity contribution in [1.82, 2.24) is 16.0 Å². The van der Waals surface area contributed by atoms with Crippen LogP contribution in [0.15, 0.2) is 35.3 Å². The lowest BCUT2D eigenvalue weighted by molar-refractivity contribution is -0.142. The highest BCUT2D eigenvalue weighted by Gasteiger charge is 2.31. The number of hydrogen-bond acceptors (Lipinski definition) is 7. The number of amides is 3. The molecule has 0 fully saturated rings. The molecule has 1 aromatic carbocycles. The average molecular weight is 536 g/mol. The van der Waals surface area contributed by atoms with E-state index in [2.05, 4.69) is 20.9 Å². The Balaban J connectivity index is 3.10.